The van der Waals surface area contributed by atoms with Crippen molar-refractivity contribution in [3.05, 3.63) is 12.2 Å². The molecule has 0 amide bonds. The topological polar surface area (TPSA) is 110 Å². The van der Waals surface area contributed by atoms with Gasteiger partial charge in [-0.25, -0.2) is 4.79 Å². The third-order valence-electron chi connectivity index (χ3n) is 1.79. The first-order valence-corrected chi connectivity index (χ1v) is 5.21. The molecule has 0 aliphatic carbocycles. The summed E-state index contributed by atoms with van der Waals surface area (Å²) >= 11 is 0. The molecule has 7 nitrogen and oxygen atoms in total. The van der Waals surface area contributed by atoms with Gasteiger partial charge < -0.3 is 19.7 Å². The molecule has 0 aromatic rings. The molecular formula is C11H16O7. The molecule has 18 heavy (non-hydrogen) atoms. The molecular weight excluding hydrogens is 244 g/mol. The minimum atomic E-state index is -1.12. The molecule has 0 saturated heterocycles. The average Bonchev–Trinajstić information content (AvgIpc) is 2.31. The lowest BCUT2D eigenvalue weighted by Crippen LogP contribution is -2.28. The van der Waals surface area contributed by atoms with E-state index in [1.165, 1.54) is 6.92 Å². The number of aliphatic hydroxyl groups excluding tert-OH is 1. The largest absolute Gasteiger partial charge is 0.481 e. The number of esters is 2. The maximum absolute atomic E-state index is 11.1. The lowest BCUT2D eigenvalue weighted by molar-refractivity contribution is -0.160. The zero-order valence-corrected chi connectivity index (χ0v) is 10.0. The number of hydrogen-bond donors (Lipinski definition) is 2. The second kappa shape index (κ2) is 8.24. The molecule has 102 valence electrons. The number of aliphatic hydroxyl groups is 1. The molecule has 2 N–H and O–H groups in total. The van der Waals surface area contributed by atoms with E-state index in [1.54, 1.807) is 0 Å². The predicted octanol–water partition coefficient (Wildman–Crippen LogP) is -0.125. The van der Waals surface area contributed by atoms with Gasteiger partial charge in [-0.05, 0) is 6.92 Å². The summed E-state index contributed by atoms with van der Waals surface area (Å²) in [6.07, 6.45) is -1.67. The molecule has 7 heteroatoms. The molecule has 0 aliphatic rings. The van der Waals surface area contributed by atoms with Crippen LogP contribution in [0.2, 0.25) is 0 Å². The van der Waals surface area contributed by atoms with E-state index in [0.29, 0.717) is 0 Å². The van der Waals surface area contributed by atoms with Gasteiger partial charge in [-0.3, -0.25) is 9.59 Å². The average molecular weight is 260 g/mol. The van der Waals surface area contributed by atoms with Crippen molar-refractivity contribution in [2.24, 2.45) is 0 Å². The molecule has 0 aliphatic heterocycles. The summed E-state index contributed by atoms with van der Waals surface area (Å²) in [6.45, 7) is 3.98. The van der Waals surface area contributed by atoms with Crippen LogP contribution in [-0.2, 0) is 23.9 Å². The van der Waals surface area contributed by atoms with Crippen LogP contribution >= 0.6 is 0 Å². The van der Waals surface area contributed by atoms with Crippen molar-refractivity contribution in [1.29, 1.82) is 0 Å². The molecule has 1 unspecified atom stereocenters. The zero-order valence-electron chi connectivity index (χ0n) is 10.0. The Labute approximate surface area is 104 Å². The first-order valence-electron chi connectivity index (χ1n) is 5.21. The van der Waals surface area contributed by atoms with E-state index in [4.69, 9.17) is 19.7 Å². The van der Waals surface area contributed by atoms with Gasteiger partial charge in [-0.1, -0.05) is 6.58 Å². The highest BCUT2D eigenvalue weighted by molar-refractivity contribution is 5.86. The third-order valence-corrected chi connectivity index (χ3v) is 1.79. The SMILES string of the molecule is C=C(C)C(=O)OCC(CO)OC(=O)CCC(=O)O. The number of hydrogen-bond acceptors (Lipinski definition) is 6. The van der Waals surface area contributed by atoms with Gasteiger partial charge in [-0.2, -0.15) is 0 Å². The predicted molar refractivity (Wildman–Crippen MR) is 59.6 cm³/mol. The Kier molecular flexibility index (Phi) is 7.37. The molecule has 0 aromatic carbocycles. The van der Waals surface area contributed by atoms with Gasteiger partial charge in [0.25, 0.3) is 0 Å². The molecule has 1 atom stereocenters. The van der Waals surface area contributed by atoms with Crippen molar-refractivity contribution in [2.75, 3.05) is 13.2 Å². The smallest absolute Gasteiger partial charge is 0.333 e. The number of carboxylic acid groups (broad SMARTS) is 1. The highest BCUT2D eigenvalue weighted by atomic mass is 16.6. The van der Waals surface area contributed by atoms with E-state index in [-0.39, 0.29) is 25.0 Å². The van der Waals surface area contributed by atoms with Crippen molar-refractivity contribution in [3.8, 4) is 0 Å². The number of ether oxygens (including phenoxy) is 2. The van der Waals surface area contributed by atoms with Gasteiger partial charge in [0.2, 0.25) is 0 Å². The summed E-state index contributed by atoms with van der Waals surface area (Å²) in [6, 6.07) is 0. The van der Waals surface area contributed by atoms with Gasteiger partial charge in [-0.15, -0.1) is 0 Å². The first-order chi connectivity index (χ1) is 8.36. The number of rotatable bonds is 8. The normalized spacial score (nSPS) is 11.4. The van der Waals surface area contributed by atoms with Crippen LogP contribution < -0.4 is 0 Å². The highest BCUT2D eigenvalue weighted by Crippen LogP contribution is 2.01. The summed E-state index contributed by atoms with van der Waals surface area (Å²) in [5.74, 6) is -2.56. The van der Waals surface area contributed by atoms with Gasteiger partial charge in [0.05, 0.1) is 19.4 Å². The summed E-state index contributed by atoms with van der Waals surface area (Å²) < 4.78 is 9.41. The fraction of sp³-hybridized carbons (Fsp3) is 0.545. The zero-order chi connectivity index (χ0) is 14.1. The van der Waals surface area contributed by atoms with E-state index in [2.05, 4.69) is 6.58 Å². The minimum absolute atomic E-state index is 0.184. The molecule has 0 heterocycles. The molecule has 0 rings (SSSR count). The van der Waals surface area contributed by atoms with E-state index in [0.717, 1.165) is 0 Å². The van der Waals surface area contributed by atoms with Crippen LogP contribution in [0.1, 0.15) is 19.8 Å². The summed E-state index contributed by atoms with van der Waals surface area (Å²) in [4.78, 5) is 32.4. The second-order valence-electron chi connectivity index (χ2n) is 3.57. The standard InChI is InChI=1S/C11H16O7/c1-7(2)11(16)17-6-8(5-12)18-10(15)4-3-9(13)14/h8,12H,1,3-6H2,2H3,(H,13,14). The van der Waals surface area contributed by atoms with Gasteiger partial charge in [0, 0.05) is 5.57 Å². The van der Waals surface area contributed by atoms with Crippen LogP contribution in [0.4, 0.5) is 0 Å². The van der Waals surface area contributed by atoms with Crippen LogP contribution in [0, 0.1) is 0 Å². The molecule has 0 spiro atoms. The first kappa shape index (κ1) is 16.1. The molecule has 0 aromatic heterocycles. The number of carboxylic acids is 1. The molecule has 0 bridgehead atoms. The Morgan fingerprint density at radius 2 is 1.89 bits per heavy atom. The van der Waals surface area contributed by atoms with E-state index >= 15 is 0 Å². The Bertz CT molecular complexity index is 334. The summed E-state index contributed by atoms with van der Waals surface area (Å²) in [5.41, 5.74) is 0.184. The third kappa shape index (κ3) is 7.39. The second-order valence-corrected chi connectivity index (χ2v) is 3.57. The lowest BCUT2D eigenvalue weighted by atomic mass is 10.3. The van der Waals surface area contributed by atoms with Gasteiger partial charge in [0.1, 0.15) is 6.61 Å². The van der Waals surface area contributed by atoms with Crippen molar-refractivity contribution in [2.45, 2.75) is 25.9 Å². The molecule has 0 radical (unpaired) electrons. The van der Waals surface area contributed by atoms with Crippen LogP contribution in [0.3, 0.4) is 0 Å². The van der Waals surface area contributed by atoms with Gasteiger partial charge >= 0.3 is 17.9 Å². The highest BCUT2D eigenvalue weighted by Gasteiger charge is 2.17. The van der Waals surface area contributed by atoms with Crippen molar-refractivity contribution in [1.82, 2.24) is 0 Å². The van der Waals surface area contributed by atoms with E-state index in [9.17, 15) is 14.4 Å². The van der Waals surface area contributed by atoms with Crippen LogP contribution in [0.15, 0.2) is 12.2 Å². The lowest BCUT2D eigenvalue weighted by Gasteiger charge is -2.15. The maximum atomic E-state index is 11.1. The maximum Gasteiger partial charge on any atom is 0.333 e. The fourth-order valence-corrected chi connectivity index (χ4v) is 0.870. The van der Waals surface area contributed by atoms with Crippen molar-refractivity contribution < 1.29 is 34.1 Å². The molecule has 0 fully saturated rings. The summed E-state index contributed by atoms with van der Waals surface area (Å²) in [5, 5.41) is 17.3. The molecule has 0 saturated carbocycles. The monoisotopic (exact) mass is 260 g/mol. The number of carbonyl (C=O) groups excluding carboxylic acids is 2. The Morgan fingerprint density at radius 3 is 2.33 bits per heavy atom. The van der Waals surface area contributed by atoms with E-state index in [1.807, 2.05) is 0 Å². The van der Waals surface area contributed by atoms with Crippen molar-refractivity contribution >= 4 is 17.9 Å². The van der Waals surface area contributed by atoms with Crippen LogP contribution in [0.25, 0.3) is 0 Å². The fourth-order valence-electron chi connectivity index (χ4n) is 0.870. The number of carbonyl (C=O) groups is 3. The van der Waals surface area contributed by atoms with Crippen LogP contribution in [-0.4, -0.2) is 47.4 Å². The van der Waals surface area contributed by atoms with Gasteiger partial charge in [0.15, 0.2) is 6.10 Å². The number of aliphatic carboxylic acids is 1. The Balaban J connectivity index is 4.03. The van der Waals surface area contributed by atoms with E-state index < -0.39 is 30.6 Å². The minimum Gasteiger partial charge on any atom is -0.481 e. The Hall–Kier alpha value is -1.89. The van der Waals surface area contributed by atoms with Crippen molar-refractivity contribution in [3.63, 3.8) is 0 Å². The quantitative estimate of drug-likeness (QED) is 0.462. The Morgan fingerprint density at radius 1 is 1.28 bits per heavy atom. The van der Waals surface area contributed by atoms with Crippen LogP contribution in [0.5, 0.6) is 0 Å². The summed E-state index contributed by atoms with van der Waals surface area (Å²) in [7, 11) is 0.